The molecular formula is C12H18O2S. The fraction of sp³-hybridized carbons (Fsp3) is 0.667. The molecule has 0 spiro atoms. The molecule has 0 bridgehead atoms. The number of rotatable bonds is 4. The van der Waals surface area contributed by atoms with Crippen molar-refractivity contribution in [3.8, 4) is 0 Å². The van der Waals surface area contributed by atoms with Crippen LogP contribution in [0.25, 0.3) is 0 Å². The summed E-state index contributed by atoms with van der Waals surface area (Å²) in [6.07, 6.45) is 9.64. The predicted molar refractivity (Wildman–Crippen MR) is 63.0 cm³/mol. The molecule has 1 aliphatic carbocycles. The van der Waals surface area contributed by atoms with Crippen molar-refractivity contribution in [3.05, 3.63) is 24.2 Å². The lowest BCUT2D eigenvalue weighted by molar-refractivity contribution is 0.203. The van der Waals surface area contributed by atoms with Crippen LogP contribution in [0.2, 0.25) is 0 Å². The number of furan rings is 1. The molecular weight excluding hydrogens is 208 g/mol. The topological polar surface area (TPSA) is 33.4 Å². The van der Waals surface area contributed by atoms with Crippen LogP contribution in [0.1, 0.15) is 43.8 Å². The lowest BCUT2D eigenvalue weighted by atomic mass is 10.0. The Morgan fingerprint density at radius 1 is 1.40 bits per heavy atom. The summed E-state index contributed by atoms with van der Waals surface area (Å²) in [5, 5.41) is 10.6. The zero-order chi connectivity index (χ0) is 10.5. The zero-order valence-electron chi connectivity index (χ0n) is 8.89. The van der Waals surface area contributed by atoms with Gasteiger partial charge >= 0.3 is 0 Å². The van der Waals surface area contributed by atoms with Gasteiger partial charge in [0.2, 0.25) is 0 Å². The molecule has 2 rings (SSSR count). The Hall–Kier alpha value is -0.410. The minimum atomic E-state index is -0.365. The molecule has 1 aromatic rings. The van der Waals surface area contributed by atoms with Gasteiger partial charge in [-0.05, 0) is 18.9 Å². The van der Waals surface area contributed by atoms with Crippen LogP contribution in [0.3, 0.4) is 0 Å². The van der Waals surface area contributed by atoms with Crippen LogP contribution in [-0.2, 0) is 0 Å². The summed E-state index contributed by atoms with van der Waals surface area (Å²) in [7, 11) is 0. The summed E-state index contributed by atoms with van der Waals surface area (Å²) in [5.41, 5.74) is 0.901. The van der Waals surface area contributed by atoms with E-state index in [-0.39, 0.29) is 6.10 Å². The van der Waals surface area contributed by atoms with Gasteiger partial charge in [0, 0.05) is 16.6 Å². The van der Waals surface area contributed by atoms with E-state index in [4.69, 9.17) is 4.42 Å². The molecule has 1 fully saturated rings. The lowest BCUT2D eigenvalue weighted by Gasteiger charge is -2.21. The Balaban J connectivity index is 1.73. The van der Waals surface area contributed by atoms with Crippen LogP contribution in [0.4, 0.5) is 0 Å². The first-order valence-electron chi connectivity index (χ1n) is 5.68. The molecule has 1 heterocycles. The van der Waals surface area contributed by atoms with Crippen LogP contribution in [-0.4, -0.2) is 16.1 Å². The van der Waals surface area contributed by atoms with Crippen molar-refractivity contribution in [1.29, 1.82) is 0 Å². The van der Waals surface area contributed by atoms with Gasteiger partial charge in [0.1, 0.15) is 0 Å². The van der Waals surface area contributed by atoms with Gasteiger partial charge in [0.25, 0.3) is 0 Å². The van der Waals surface area contributed by atoms with Crippen LogP contribution < -0.4 is 0 Å². The smallest absolute Gasteiger partial charge is 0.0960 e. The molecule has 15 heavy (non-hydrogen) atoms. The van der Waals surface area contributed by atoms with Crippen molar-refractivity contribution < 1.29 is 9.52 Å². The van der Waals surface area contributed by atoms with E-state index >= 15 is 0 Å². The highest BCUT2D eigenvalue weighted by molar-refractivity contribution is 7.99. The van der Waals surface area contributed by atoms with Crippen molar-refractivity contribution in [2.75, 3.05) is 5.75 Å². The number of thioether (sulfide) groups is 1. The maximum absolute atomic E-state index is 9.86. The molecule has 1 N–H and O–H groups in total. The van der Waals surface area contributed by atoms with E-state index in [9.17, 15) is 5.11 Å². The number of hydrogen-bond acceptors (Lipinski definition) is 3. The monoisotopic (exact) mass is 226 g/mol. The molecule has 84 valence electrons. The Bertz CT molecular complexity index is 265. The highest BCUT2D eigenvalue weighted by atomic mass is 32.2. The quantitative estimate of drug-likeness (QED) is 0.854. The van der Waals surface area contributed by atoms with Crippen molar-refractivity contribution in [3.63, 3.8) is 0 Å². The second-order valence-corrected chi connectivity index (χ2v) is 5.50. The Morgan fingerprint density at radius 3 is 2.87 bits per heavy atom. The van der Waals surface area contributed by atoms with Crippen molar-refractivity contribution in [1.82, 2.24) is 0 Å². The van der Waals surface area contributed by atoms with Gasteiger partial charge in [-0.25, -0.2) is 0 Å². The third-order valence-corrected chi connectivity index (χ3v) is 4.42. The van der Waals surface area contributed by atoms with Gasteiger partial charge in [-0.3, -0.25) is 0 Å². The molecule has 1 aliphatic rings. The molecule has 1 unspecified atom stereocenters. The SMILES string of the molecule is OC(CSC1CCCCC1)c1ccoc1. The van der Waals surface area contributed by atoms with Crippen LogP contribution >= 0.6 is 11.8 Å². The summed E-state index contributed by atoms with van der Waals surface area (Å²) in [5.74, 6) is 0.796. The second-order valence-electron chi connectivity index (χ2n) is 4.17. The van der Waals surface area contributed by atoms with Crippen molar-refractivity contribution >= 4 is 11.8 Å². The minimum absolute atomic E-state index is 0.365. The van der Waals surface area contributed by atoms with E-state index in [1.54, 1.807) is 12.5 Å². The average molecular weight is 226 g/mol. The second kappa shape index (κ2) is 5.61. The fourth-order valence-corrected chi connectivity index (χ4v) is 3.33. The first kappa shape index (κ1) is 11.1. The largest absolute Gasteiger partial charge is 0.472 e. The summed E-state index contributed by atoms with van der Waals surface area (Å²) in [4.78, 5) is 0. The van der Waals surface area contributed by atoms with E-state index in [1.807, 2.05) is 17.8 Å². The average Bonchev–Trinajstić information content (AvgIpc) is 2.81. The van der Waals surface area contributed by atoms with Crippen molar-refractivity contribution in [2.45, 2.75) is 43.5 Å². The highest BCUT2D eigenvalue weighted by Crippen LogP contribution is 2.30. The molecule has 2 nitrogen and oxygen atoms in total. The minimum Gasteiger partial charge on any atom is -0.472 e. The molecule has 0 amide bonds. The molecule has 1 atom stereocenters. The Labute approximate surface area is 95.1 Å². The van der Waals surface area contributed by atoms with Gasteiger partial charge in [-0.1, -0.05) is 19.3 Å². The first-order chi connectivity index (χ1) is 7.36. The third-order valence-electron chi connectivity index (χ3n) is 2.97. The van der Waals surface area contributed by atoms with E-state index < -0.39 is 0 Å². The van der Waals surface area contributed by atoms with Crippen molar-refractivity contribution in [2.24, 2.45) is 0 Å². The fourth-order valence-electron chi connectivity index (χ4n) is 2.02. The summed E-state index contributed by atoms with van der Waals surface area (Å²) < 4.78 is 4.96. The zero-order valence-corrected chi connectivity index (χ0v) is 9.71. The van der Waals surface area contributed by atoms with Crippen LogP contribution in [0.5, 0.6) is 0 Å². The van der Waals surface area contributed by atoms with E-state index in [1.165, 1.54) is 32.1 Å². The number of aliphatic hydroxyl groups is 1. The molecule has 1 saturated carbocycles. The Kier molecular flexibility index (Phi) is 4.15. The maximum atomic E-state index is 9.86. The number of aliphatic hydroxyl groups excluding tert-OH is 1. The van der Waals surface area contributed by atoms with E-state index in [0.717, 1.165) is 16.6 Å². The van der Waals surface area contributed by atoms with Gasteiger partial charge in [-0.2, -0.15) is 11.8 Å². The Morgan fingerprint density at radius 2 is 2.20 bits per heavy atom. The van der Waals surface area contributed by atoms with Crippen LogP contribution in [0.15, 0.2) is 23.0 Å². The molecule has 0 radical (unpaired) electrons. The highest BCUT2D eigenvalue weighted by Gasteiger charge is 2.16. The first-order valence-corrected chi connectivity index (χ1v) is 6.73. The maximum Gasteiger partial charge on any atom is 0.0960 e. The number of hydrogen-bond donors (Lipinski definition) is 1. The standard InChI is InChI=1S/C12H18O2S/c13-12(10-6-7-14-8-10)9-15-11-4-2-1-3-5-11/h6-8,11-13H,1-5,9H2. The van der Waals surface area contributed by atoms with Gasteiger partial charge in [0.15, 0.2) is 0 Å². The lowest BCUT2D eigenvalue weighted by Crippen LogP contribution is -2.11. The van der Waals surface area contributed by atoms with Gasteiger partial charge in [-0.15, -0.1) is 0 Å². The summed E-state index contributed by atoms with van der Waals surface area (Å²) >= 11 is 1.91. The summed E-state index contributed by atoms with van der Waals surface area (Å²) in [6, 6.07) is 1.84. The normalized spacial score (nSPS) is 20.3. The molecule has 0 aliphatic heterocycles. The molecule has 3 heteroatoms. The van der Waals surface area contributed by atoms with E-state index in [0.29, 0.717) is 0 Å². The third kappa shape index (κ3) is 3.28. The molecule has 0 saturated heterocycles. The molecule has 0 aromatic carbocycles. The molecule has 1 aromatic heterocycles. The summed E-state index contributed by atoms with van der Waals surface area (Å²) in [6.45, 7) is 0. The van der Waals surface area contributed by atoms with E-state index in [2.05, 4.69) is 0 Å². The van der Waals surface area contributed by atoms with Gasteiger partial charge < -0.3 is 9.52 Å². The van der Waals surface area contributed by atoms with Gasteiger partial charge in [0.05, 0.1) is 18.6 Å². The van der Waals surface area contributed by atoms with Crippen LogP contribution in [0, 0.1) is 0 Å². The predicted octanol–water partition coefficient (Wildman–Crippen LogP) is 3.38.